The van der Waals surface area contributed by atoms with Gasteiger partial charge in [0.05, 0.1) is 5.84 Å². The predicted molar refractivity (Wildman–Crippen MR) is 133 cm³/mol. The molecule has 2 heterocycles. The van der Waals surface area contributed by atoms with Crippen LogP contribution in [-0.4, -0.2) is 55.4 Å². The molecule has 0 atom stereocenters. The third kappa shape index (κ3) is 5.90. The van der Waals surface area contributed by atoms with Gasteiger partial charge >= 0.3 is 126 Å². The molecule has 0 spiro atoms. The molecule has 2 aliphatic heterocycles. The number of fused-ring (bicyclic) bond motifs is 1. The second-order valence-corrected chi connectivity index (χ2v) is 26.1. The fraction of sp³-hybridized carbons (Fsp3) is 0.458. The van der Waals surface area contributed by atoms with E-state index in [4.69, 9.17) is 21.8 Å². The average Bonchev–Trinajstić information content (AvgIpc) is 2.99. The van der Waals surface area contributed by atoms with Crippen molar-refractivity contribution >= 4 is 47.3 Å². The molecule has 1 saturated heterocycles. The van der Waals surface area contributed by atoms with E-state index < -0.39 is 17.9 Å². The van der Waals surface area contributed by atoms with Gasteiger partial charge in [-0.05, 0) is 19.3 Å². The van der Waals surface area contributed by atoms with Crippen molar-refractivity contribution in [1.29, 1.82) is 0 Å². The van der Waals surface area contributed by atoms with Gasteiger partial charge in [0.1, 0.15) is 0 Å². The zero-order chi connectivity index (χ0) is 21.6. The van der Waals surface area contributed by atoms with Crippen LogP contribution in [0, 0.1) is 13.8 Å². The first kappa shape index (κ1) is 23.8. The molecule has 163 valence electrons. The number of rotatable bonds is 3. The van der Waals surface area contributed by atoms with Gasteiger partial charge in [0.25, 0.3) is 0 Å². The van der Waals surface area contributed by atoms with Crippen LogP contribution in [0.1, 0.15) is 43.2 Å². The molecule has 0 aliphatic carbocycles. The topological polar surface area (TPSA) is 24.8 Å². The third-order valence-electron chi connectivity index (χ3n) is 5.70. The zero-order valence-electron chi connectivity index (χ0n) is 18.2. The minimum atomic E-state index is -3.59. The van der Waals surface area contributed by atoms with Crippen LogP contribution in [-0.2, 0) is 0 Å². The first-order valence-corrected chi connectivity index (χ1v) is 22.8. The van der Waals surface area contributed by atoms with E-state index in [0.717, 1.165) is 24.4 Å². The summed E-state index contributed by atoms with van der Waals surface area (Å²) in [6.45, 7) is 7.70. The van der Waals surface area contributed by atoms with Crippen molar-refractivity contribution in [3.05, 3.63) is 53.6 Å². The summed E-state index contributed by atoms with van der Waals surface area (Å²) in [7, 11) is 15.3. The van der Waals surface area contributed by atoms with Gasteiger partial charge in [-0.2, -0.15) is 0 Å². The van der Waals surface area contributed by atoms with Crippen molar-refractivity contribution in [3.8, 4) is 5.75 Å². The number of methoxy groups -OCH3 is 1. The first-order chi connectivity index (χ1) is 14.4. The second-order valence-electron chi connectivity index (χ2n) is 7.90. The molecule has 3 nitrogen and oxygen atoms in total. The van der Waals surface area contributed by atoms with E-state index in [1.807, 2.05) is 37.3 Å². The Hall–Kier alpha value is -0.827. The van der Waals surface area contributed by atoms with E-state index in [2.05, 4.69) is 28.9 Å². The van der Waals surface area contributed by atoms with Crippen LogP contribution in [0.4, 0.5) is 0 Å². The molecular formula is C24H32BiCl2N2O. The van der Waals surface area contributed by atoms with E-state index >= 15 is 0 Å². The standard InChI is InChI=1S/C9H16N2.C8H9O.C7H7.Bi.2ClH/c1-2-5-9-10-6-4-8-11(9)7-3-1;1-7-4-3-5-8(6-7)9-2;1-7-5-3-2-4-6-7;;;/h1-8H2;3,5-6H,1-2H3;2-5H,1H3;;2*1H/q;;;+2;;/p-2. The van der Waals surface area contributed by atoms with E-state index in [1.54, 1.807) is 7.11 Å². The summed E-state index contributed by atoms with van der Waals surface area (Å²) in [4.78, 5) is 7.04. The maximum absolute atomic E-state index is 6.83. The number of hydrogen-bond donors (Lipinski definition) is 0. The van der Waals surface area contributed by atoms with Gasteiger partial charge in [0.15, 0.2) is 0 Å². The number of nitrogens with zero attached hydrogens (tertiary/aromatic N) is 2. The monoisotopic (exact) mass is 643 g/mol. The Labute approximate surface area is 192 Å². The van der Waals surface area contributed by atoms with Crippen molar-refractivity contribution in [2.75, 3.05) is 26.7 Å². The summed E-state index contributed by atoms with van der Waals surface area (Å²) in [5, 5.41) is 0. The van der Waals surface area contributed by atoms with E-state index in [-0.39, 0.29) is 0 Å². The summed E-state index contributed by atoms with van der Waals surface area (Å²) < 4.78 is 7.45. The van der Waals surface area contributed by atoms with Gasteiger partial charge in [-0.3, -0.25) is 4.99 Å². The summed E-state index contributed by atoms with van der Waals surface area (Å²) >= 11 is -3.59. The van der Waals surface area contributed by atoms with Crippen LogP contribution in [0.3, 0.4) is 0 Å². The summed E-state index contributed by atoms with van der Waals surface area (Å²) in [5.41, 5.74) is 2.27. The van der Waals surface area contributed by atoms with Crippen molar-refractivity contribution in [2.45, 2.75) is 46.0 Å². The first-order valence-electron chi connectivity index (χ1n) is 10.7. The molecule has 0 unspecified atom stereocenters. The van der Waals surface area contributed by atoms with Crippen molar-refractivity contribution < 1.29 is 4.74 Å². The molecule has 1 radical (unpaired) electrons. The Balaban J connectivity index is 0.000000196. The molecule has 0 N–H and O–H groups in total. The molecule has 0 saturated carbocycles. The maximum atomic E-state index is 6.83. The fourth-order valence-corrected chi connectivity index (χ4v) is 17.7. The van der Waals surface area contributed by atoms with E-state index in [0.29, 0.717) is 0 Å². The van der Waals surface area contributed by atoms with E-state index in [9.17, 15) is 0 Å². The minimum absolute atomic E-state index is 0.836. The average molecular weight is 644 g/mol. The number of aliphatic imine (C=N–C) groups is 1. The molecule has 4 rings (SSSR count). The van der Waals surface area contributed by atoms with Crippen LogP contribution in [0.2, 0.25) is 0 Å². The normalized spacial score (nSPS) is 16.6. The van der Waals surface area contributed by atoms with Crippen LogP contribution in [0.15, 0.2) is 47.5 Å². The molecule has 2 aromatic rings. The molecule has 2 aromatic carbocycles. The molecule has 0 amide bonds. The van der Waals surface area contributed by atoms with Gasteiger partial charge < -0.3 is 4.90 Å². The Bertz CT molecular complexity index is 885. The van der Waals surface area contributed by atoms with E-state index in [1.165, 1.54) is 56.6 Å². The Kier molecular flexibility index (Phi) is 8.86. The van der Waals surface area contributed by atoms with Gasteiger partial charge in [0, 0.05) is 26.1 Å². The molecular weight excluding hydrogens is 612 g/mol. The molecule has 1 fully saturated rings. The number of halogens is 2. The van der Waals surface area contributed by atoms with Crippen molar-refractivity contribution in [1.82, 2.24) is 4.90 Å². The van der Waals surface area contributed by atoms with Crippen LogP contribution in [0.5, 0.6) is 5.75 Å². The second kappa shape index (κ2) is 11.2. The molecule has 2 aliphatic rings. The number of ether oxygens (including phenoxy) is 1. The van der Waals surface area contributed by atoms with Crippen LogP contribution >= 0.6 is 17.0 Å². The van der Waals surface area contributed by atoms with Crippen LogP contribution < -0.4 is 11.3 Å². The molecule has 30 heavy (non-hydrogen) atoms. The number of amidine groups is 1. The quantitative estimate of drug-likeness (QED) is 0.440. The number of aryl methyl sites for hydroxylation is 2. The van der Waals surface area contributed by atoms with Crippen molar-refractivity contribution in [3.63, 3.8) is 0 Å². The Morgan fingerprint density at radius 2 is 1.63 bits per heavy atom. The third-order valence-corrected chi connectivity index (χ3v) is 20.7. The molecule has 0 aromatic heterocycles. The Morgan fingerprint density at radius 1 is 0.900 bits per heavy atom. The number of benzene rings is 2. The molecule has 0 bridgehead atoms. The summed E-state index contributed by atoms with van der Waals surface area (Å²) in [5.74, 6) is 2.23. The number of hydrogen-bond acceptors (Lipinski definition) is 3. The zero-order valence-corrected chi connectivity index (χ0v) is 23.2. The van der Waals surface area contributed by atoms with Crippen LogP contribution in [0.25, 0.3) is 0 Å². The Morgan fingerprint density at radius 3 is 2.37 bits per heavy atom. The fourth-order valence-electron chi connectivity index (χ4n) is 4.02. The molecule has 6 heteroatoms. The van der Waals surface area contributed by atoms with Crippen molar-refractivity contribution in [2.24, 2.45) is 4.99 Å². The van der Waals surface area contributed by atoms with Gasteiger partial charge in [-0.15, -0.1) is 0 Å². The van der Waals surface area contributed by atoms with Gasteiger partial charge in [0.2, 0.25) is 0 Å². The van der Waals surface area contributed by atoms with Gasteiger partial charge in [-0.1, -0.05) is 6.42 Å². The van der Waals surface area contributed by atoms with Gasteiger partial charge in [-0.25, -0.2) is 0 Å². The summed E-state index contributed by atoms with van der Waals surface area (Å²) in [6.07, 6.45) is 6.63. The predicted octanol–water partition coefficient (Wildman–Crippen LogP) is 5.01. The summed E-state index contributed by atoms with van der Waals surface area (Å²) in [6, 6.07) is 14.1. The SMILES string of the molecule is C1CCC2=NCCCN2CC1.COc1cc[c]([Bi]([Cl])([Cl])[c]2ccccc2C)c(C)c1.